The molecule has 2 aromatic rings. The minimum absolute atomic E-state index is 0.158. The van der Waals surface area contributed by atoms with E-state index in [9.17, 15) is 8.78 Å². The first-order valence-electron chi connectivity index (χ1n) is 4.88. The Labute approximate surface area is 106 Å². The number of nitrogens with zero attached hydrogens (tertiary/aromatic N) is 3. The maximum absolute atomic E-state index is 13.2. The SMILES string of the molecule is Fc1ccc(/C=N\Nc2ccc(Cl)nn2)c(F)c1. The molecule has 0 aliphatic heterocycles. The quantitative estimate of drug-likeness (QED) is 0.688. The van der Waals surface area contributed by atoms with Gasteiger partial charge >= 0.3 is 0 Å². The molecular weight excluding hydrogens is 262 g/mol. The second kappa shape index (κ2) is 5.50. The van der Waals surface area contributed by atoms with Gasteiger partial charge in [0.1, 0.15) is 11.6 Å². The summed E-state index contributed by atoms with van der Waals surface area (Å²) in [5.41, 5.74) is 2.70. The third-order valence-corrected chi connectivity index (χ3v) is 2.18. The highest BCUT2D eigenvalue weighted by Crippen LogP contribution is 2.08. The van der Waals surface area contributed by atoms with Crippen LogP contribution in [0.4, 0.5) is 14.6 Å². The van der Waals surface area contributed by atoms with E-state index in [0.717, 1.165) is 12.1 Å². The number of hydrogen-bond acceptors (Lipinski definition) is 4. The molecule has 1 aromatic carbocycles. The average molecular weight is 269 g/mol. The van der Waals surface area contributed by atoms with E-state index in [1.165, 1.54) is 18.3 Å². The van der Waals surface area contributed by atoms with E-state index in [4.69, 9.17) is 11.6 Å². The highest BCUT2D eigenvalue weighted by Gasteiger charge is 2.00. The summed E-state index contributed by atoms with van der Waals surface area (Å²) >= 11 is 5.55. The average Bonchev–Trinajstić information content (AvgIpc) is 2.34. The van der Waals surface area contributed by atoms with Crippen molar-refractivity contribution in [3.8, 4) is 0 Å². The summed E-state index contributed by atoms with van der Waals surface area (Å²) in [5, 5.41) is 11.3. The molecule has 0 fully saturated rings. The van der Waals surface area contributed by atoms with Gasteiger partial charge in [-0.1, -0.05) is 11.6 Å². The van der Waals surface area contributed by atoms with Gasteiger partial charge in [-0.2, -0.15) is 5.10 Å². The zero-order valence-electron chi connectivity index (χ0n) is 8.94. The minimum atomic E-state index is -0.692. The second-order valence-corrected chi connectivity index (χ2v) is 3.66. The van der Waals surface area contributed by atoms with Crippen molar-refractivity contribution in [3.63, 3.8) is 0 Å². The van der Waals surface area contributed by atoms with Gasteiger partial charge in [0.25, 0.3) is 0 Å². The first-order chi connectivity index (χ1) is 8.65. The van der Waals surface area contributed by atoms with Gasteiger partial charge in [-0.05, 0) is 24.3 Å². The molecule has 18 heavy (non-hydrogen) atoms. The summed E-state index contributed by atoms with van der Waals surface area (Å²) in [5.74, 6) is -0.970. The summed E-state index contributed by atoms with van der Waals surface area (Å²) in [6, 6.07) is 6.30. The van der Waals surface area contributed by atoms with E-state index >= 15 is 0 Å². The molecule has 2 rings (SSSR count). The first-order valence-corrected chi connectivity index (χ1v) is 5.26. The van der Waals surface area contributed by atoms with Crippen molar-refractivity contribution in [2.45, 2.75) is 0 Å². The van der Waals surface area contributed by atoms with Crippen LogP contribution in [-0.2, 0) is 0 Å². The largest absolute Gasteiger partial charge is 0.260 e. The summed E-state index contributed by atoms with van der Waals surface area (Å²) in [4.78, 5) is 0. The van der Waals surface area contributed by atoms with E-state index in [1.807, 2.05) is 0 Å². The van der Waals surface area contributed by atoms with Crippen LogP contribution in [-0.4, -0.2) is 16.4 Å². The zero-order valence-corrected chi connectivity index (χ0v) is 9.70. The second-order valence-electron chi connectivity index (χ2n) is 3.28. The lowest BCUT2D eigenvalue weighted by atomic mass is 10.2. The number of rotatable bonds is 3. The van der Waals surface area contributed by atoms with E-state index in [1.54, 1.807) is 6.07 Å². The predicted octanol–water partition coefficient (Wildman–Crippen LogP) is 2.85. The monoisotopic (exact) mass is 268 g/mol. The summed E-state index contributed by atoms with van der Waals surface area (Å²) < 4.78 is 25.9. The summed E-state index contributed by atoms with van der Waals surface area (Å²) in [6.45, 7) is 0. The molecule has 0 unspecified atom stereocenters. The highest BCUT2D eigenvalue weighted by molar-refractivity contribution is 6.29. The Bertz CT molecular complexity index is 572. The van der Waals surface area contributed by atoms with E-state index in [2.05, 4.69) is 20.7 Å². The number of aromatic nitrogens is 2. The molecule has 0 atom stereocenters. The lowest BCUT2D eigenvalue weighted by Crippen LogP contribution is -1.96. The zero-order chi connectivity index (χ0) is 13.0. The fraction of sp³-hybridized carbons (Fsp3) is 0. The van der Waals surface area contributed by atoms with Crippen molar-refractivity contribution >= 4 is 23.6 Å². The maximum Gasteiger partial charge on any atom is 0.168 e. The lowest BCUT2D eigenvalue weighted by Gasteiger charge is -1.98. The molecule has 4 nitrogen and oxygen atoms in total. The molecule has 92 valence electrons. The van der Waals surface area contributed by atoms with E-state index < -0.39 is 11.6 Å². The number of benzene rings is 1. The van der Waals surface area contributed by atoms with Gasteiger partial charge in [-0.25, -0.2) is 8.78 Å². The third-order valence-electron chi connectivity index (χ3n) is 1.98. The molecule has 0 amide bonds. The topological polar surface area (TPSA) is 50.2 Å². The maximum atomic E-state index is 13.2. The Morgan fingerprint density at radius 3 is 2.67 bits per heavy atom. The molecule has 0 saturated carbocycles. The third kappa shape index (κ3) is 3.21. The molecule has 7 heteroatoms. The van der Waals surface area contributed by atoms with Crippen LogP contribution in [0.3, 0.4) is 0 Å². The van der Waals surface area contributed by atoms with Crippen molar-refractivity contribution in [1.29, 1.82) is 0 Å². The van der Waals surface area contributed by atoms with Crippen LogP contribution in [0.1, 0.15) is 5.56 Å². The standard InChI is InChI=1S/C11H7ClF2N4/c12-10-3-4-11(18-16-10)17-15-6-7-1-2-8(13)5-9(7)14/h1-6H,(H,17,18)/b15-6-. The molecule has 0 bridgehead atoms. The van der Waals surface area contributed by atoms with Gasteiger partial charge in [-0.15, -0.1) is 10.2 Å². The van der Waals surface area contributed by atoms with Crippen LogP contribution in [0, 0.1) is 11.6 Å². The number of halogens is 3. The van der Waals surface area contributed by atoms with Gasteiger partial charge in [0.15, 0.2) is 11.0 Å². The smallest absolute Gasteiger partial charge is 0.168 e. The Kier molecular flexibility index (Phi) is 3.78. The molecule has 0 aliphatic carbocycles. The van der Waals surface area contributed by atoms with Gasteiger partial charge in [0, 0.05) is 11.6 Å². The van der Waals surface area contributed by atoms with Crippen molar-refractivity contribution in [1.82, 2.24) is 10.2 Å². The van der Waals surface area contributed by atoms with E-state index in [0.29, 0.717) is 5.82 Å². The minimum Gasteiger partial charge on any atom is -0.260 e. The molecule has 0 aliphatic rings. The van der Waals surface area contributed by atoms with Crippen molar-refractivity contribution in [2.24, 2.45) is 5.10 Å². The normalized spacial score (nSPS) is 10.8. The van der Waals surface area contributed by atoms with Gasteiger partial charge in [0.2, 0.25) is 0 Å². The molecular formula is C11H7ClF2N4. The van der Waals surface area contributed by atoms with Crippen molar-refractivity contribution < 1.29 is 8.78 Å². The molecule has 0 saturated heterocycles. The molecule has 1 N–H and O–H groups in total. The van der Waals surface area contributed by atoms with Crippen LogP contribution in [0.25, 0.3) is 0 Å². The fourth-order valence-electron chi connectivity index (χ4n) is 1.15. The number of hydrazone groups is 1. The van der Waals surface area contributed by atoms with Crippen LogP contribution in [0.15, 0.2) is 35.4 Å². The van der Waals surface area contributed by atoms with Crippen molar-refractivity contribution in [2.75, 3.05) is 5.43 Å². The summed E-state index contributed by atoms with van der Waals surface area (Å²) in [6.07, 6.45) is 1.21. The van der Waals surface area contributed by atoms with Gasteiger partial charge < -0.3 is 0 Å². The van der Waals surface area contributed by atoms with Crippen LogP contribution in [0.2, 0.25) is 5.15 Å². The molecule has 0 radical (unpaired) electrons. The molecule has 1 aromatic heterocycles. The molecule has 0 spiro atoms. The summed E-state index contributed by atoms with van der Waals surface area (Å²) in [7, 11) is 0. The first kappa shape index (κ1) is 12.4. The number of anilines is 1. The Balaban J connectivity index is 2.05. The van der Waals surface area contributed by atoms with Crippen LogP contribution in [0.5, 0.6) is 0 Å². The number of nitrogens with one attached hydrogen (secondary N) is 1. The lowest BCUT2D eigenvalue weighted by molar-refractivity contribution is 0.582. The van der Waals surface area contributed by atoms with Crippen molar-refractivity contribution in [3.05, 3.63) is 52.7 Å². The van der Waals surface area contributed by atoms with Crippen LogP contribution >= 0.6 is 11.6 Å². The molecule has 1 heterocycles. The predicted molar refractivity (Wildman–Crippen MR) is 64.6 cm³/mol. The fourth-order valence-corrected chi connectivity index (χ4v) is 1.25. The van der Waals surface area contributed by atoms with Crippen LogP contribution < -0.4 is 5.43 Å². The number of hydrogen-bond donors (Lipinski definition) is 1. The Morgan fingerprint density at radius 2 is 2.00 bits per heavy atom. The highest BCUT2D eigenvalue weighted by atomic mass is 35.5. The Hall–Kier alpha value is -2.08. The Morgan fingerprint density at radius 1 is 1.17 bits per heavy atom. The van der Waals surface area contributed by atoms with E-state index in [-0.39, 0.29) is 10.7 Å². The van der Waals surface area contributed by atoms with Gasteiger partial charge in [-0.3, -0.25) is 5.43 Å². The van der Waals surface area contributed by atoms with Gasteiger partial charge in [0.05, 0.1) is 6.21 Å².